The summed E-state index contributed by atoms with van der Waals surface area (Å²) in [5, 5.41) is 29.6. The summed E-state index contributed by atoms with van der Waals surface area (Å²) < 4.78 is 0. The molecule has 5 nitrogen and oxygen atoms in total. The third-order valence-corrected chi connectivity index (χ3v) is 6.34. The first-order valence-electron chi connectivity index (χ1n) is 8.24. The molecule has 2 atom stereocenters. The van der Waals surface area contributed by atoms with E-state index in [-0.39, 0.29) is 17.5 Å². The number of fused-ring (bicyclic) bond motifs is 1. The molecule has 1 aromatic rings. The molecule has 1 aliphatic heterocycles. The Hall–Kier alpha value is -2.59. The van der Waals surface area contributed by atoms with Crippen LogP contribution in [-0.4, -0.2) is 24.5 Å². The Balaban J connectivity index is 2.30. The lowest BCUT2D eigenvalue weighted by atomic mass is 9.59. The van der Waals surface area contributed by atoms with Crippen molar-refractivity contribution in [3.8, 4) is 18.2 Å². The molecule has 0 unspecified atom stereocenters. The van der Waals surface area contributed by atoms with Gasteiger partial charge in [-0.25, -0.2) is 0 Å². The molecule has 25 heavy (non-hydrogen) atoms. The molecular formula is C19H19N5S. The van der Waals surface area contributed by atoms with Crippen molar-refractivity contribution in [3.63, 3.8) is 0 Å². The summed E-state index contributed by atoms with van der Waals surface area (Å²) in [7, 11) is 0. The third kappa shape index (κ3) is 2.45. The highest BCUT2D eigenvalue weighted by molar-refractivity contribution is 7.12. The van der Waals surface area contributed by atoms with Crippen LogP contribution >= 0.6 is 11.3 Å². The van der Waals surface area contributed by atoms with Crippen molar-refractivity contribution in [1.82, 2.24) is 4.90 Å². The lowest BCUT2D eigenvalue weighted by Crippen LogP contribution is -2.47. The standard InChI is InChI=1S/C19H19N5S/c1-3-24-7-6-13-14(8-20)18(23)19(10-21,11-22)17(15(13)9-24)16-5-4-12(2)25-16/h4-6,15,17H,3,7,9,23H2,1-2H3/t15-,17-/m1/s1. The zero-order valence-electron chi connectivity index (χ0n) is 14.3. The van der Waals surface area contributed by atoms with Crippen LogP contribution in [0.1, 0.15) is 22.6 Å². The van der Waals surface area contributed by atoms with Crippen LogP contribution in [0.15, 0.2) is 35.1 Å². The molecule has 2 aliphatic rings. The molecule has 0 fully saturated rings. The fourth-order valence-corrected chi connectivity index (χ4v) is 5.04. The second-order valence-electron chi connectivity index (χ2n) is 6.48. The van der Waals surface area contributed by atoms with E-state index >= 15 is 0 Å². The molecular weight excluding hydrogens is 330 g/mol. The Bertz CT molecular complexity index is 872. The van der Waals surface area contributed by atoms with Crippen molar-refractivity contribution in [2.75, 3.05) is 19.6 Å². The van der Waals surface area contributed by atoms with Crippen molar-refractivity contribution in [1.29, 1.82) is 15.8 Å². The predicted octanol–water partition coefficient (Wildman–Crippen LogP) is 2.80. The summed E-state index contributed by atoms with van der Waals surface area (Å²) in [6.07, 6.45) is 2.04. The molecule has 0 saturated carbocycles. The highest BCUT2D eigenvalue weighted by Crippen LogP contribution is 2.55. The van der Waals surface area contributed by atoms with Gasteiger partial charge in [0.15, 0.2) is 5.41 Å². The van der Waals surface area contributed by atoms with Crippen LogP contribution in [0.3, 0.4) is 0 Å². The average molecular weight is 349 g/mol. The average Bonchev–Trinajstić information content (AvgIpc) is 3.06. The molecule has 0 bridgehead atoms. The van der Waals surface area contributed by atoms with Crippen LogP contribution in [-0.2, 0) is 0 Å². The highest BCUT2D eigenvalue weighted by atomic mass is 32.1. The number of hydrogen-bond donors (Lipinski definition) is 1. The molecule has 3 rings (SSSR count). The maximum Gasteiger partial charge on any atom is 0.192 e. The molecule has 0 amide bonds. The number of allylic oxidation sites excluding steroid dienone is 2. The summed E-state index contributed by atoms with van der Waals surface area (Å²) in [5.41, 5.74) is 6.05. The Labute approximate surface area is 151 Å². The summed E-state index contributed by atoms with van der Waals surface area (Å²) in [4.78, 5) is 4.37. The molecule has 0 radical (unpaired) electrons. The van der Waals surface area contributed by atoms with Gasteiger partial charge < -0.3 is 5.73 Å². The van der Waals surface area contributed by atoms with Gasteiger partial charge in [-0.1, -0.05) is 13.0 Å². The molecule has 2 heterocycles. The van der Waals surface area contributed by atoms with Crippen molar-refractivity contribution >= 4 is 11.3 Å². The number of nitriles is 3. The van der Waals surface area contributed by atoms with E-state index in [1.807, 2.05) is 25.1 Å². The summed E-state index contributed by atoms with van der Waals surface area (Å²) in [5.74, 6) is -0.452. The number of nitrogens with zero attached hydrogens (tertiary/aromatic N) is 4. The van der Waals surface area contributed by atoms with Crippen LogP contribution < -0.4 is 5.73 Å². The van der Waals surface area contributed by atoms with E-state index in [1.165, 1.54) is 0 Å². The number of thiophene rings is 1. The van der Waals surface area contributed by atoms with Gasteiger partial charge in [-0.05, 0) is 31.2 Å². The number of rotatable bonds is 2. The number of hydrogen-bond acceptors (Lipinski definition) is 6. The Kier molecular flexibility index (Phi) is 4.39. The van der Waals surface area contributed by atoms with Crippen molar-refractivity contribution in [3.05, 3.63) is 44.8 Å². The predicted molar refractivity (Wildman–Crippen MR) is 96.0 cm³/mol. The van der Waals surface area contributed by atoms with Gasteiger partial charge in [-0.2, -0.15) is 15.8 Å². The maximum atomic E-state index is 9.95. The zero-order valence-corrected chi connectivity index (χ0v) is 15.1. The van der Waals surface area contributed by atoms with Gasteiger partial charge in [-0.3, -0.25) is 4.90 Å². The number of nitrogens with two attached hydrogens (primary N) is 1. The summed E-state index contributed by atoms with van der Waals surface area (Å²) in [6, 6.07) is 10.5. The third-order valence-electron chi connectivity index (χ3n) is 5.25. The normalized spacial score (nSPS) is 25.3. The van der Waals surface area contributed by atoms with E-state index in [4.69, 9.17) is 5.73 Å². The van der Waals surface area contributed by atoms with Crippen molar-refractivity contribution in [2.45, 2.75) is 19.8 Å². The molecule has 6 heteroatoms. The maximum absolute atomic E-state index is 9.95. The van der Waals surface area contributed by atoms with Crippen LogP contribution in [0.4, 0.5) is 0 Å². The Morgan fingerprint density at radius 1 is 1.32 bits per heavy atom. The van der Waals surface area contributed by atoms with E-state index < -0.39 is 5.41 Å². The lowest BCUT2D eigenvalue weighted by Gasteiger charge is -2.45. The minimum absolute atomic E-state index is 0.0898. The molecule has 2 N–H and O–H groups in total. The number of aryl methyl sites for hydroxylation is 1. The second-order valence-corrected chi connectivity index (χ2v) is 7.80. The van der Waals surface area contributed by atoms with Crippen LogP contribution in [0, 0.1) is 52.2 Å². The van der Waals surface area contributed by atoms with E-state index in [0.29, 0.717) is 12.1 Å². The molecule has 126 valence electrons. The van der Waals surface area contributed by atoms with Gasteiger partial charge in [0.2, 0.25) is 0 Å². The van der Waals surface area contributed by atoms with Gasteiger partial charge in [-0.15, -0.1) is 11.3 Å². The second kappa shape index (κ2) is 6.37. The lowest BCUT2D eigenvalue weighted by molar-refractivity contribution is 0.216. The fraction of sp³-hybridized carbons (Fsp3) is 0.421. The minimum Gasteiger partial charge on any atom is -0.399 e. The van der Waals surface area contributed by atoms with Gasteiger partial charge in [0.1, 0.15) is 6.07 Å². The Morgan fingerprint density at radius 3 is 2.56 bits per heavy atom. The van der Waals surface area contributed by atoms with Gasteiger partial charge in [0.05, 0.1) is 23.4 Å². The summed E-state index contributed by atoms with van der Waals surface area (Å²) >= 11 is 1.59. The first kappa shape index (κ1) is 17.2. The molecule has 1 aromatic heterocycles. The quantitative estimate of drug-likeness (QED) is 0.885. The van der Waals surface area contributed by atoms with E-state index in [9.17, 15) is 15.8 Å². The molecule has 1 aliphatic carbocycles. The van der Waals surface area contributed by atoms with Gasteiger partial charge in [0, 0.05) is 34.7 Å². The van der Waals surface area contributed by atoms with Crippen molar-refractivity contribution < 1.29 is 0 Å². The largest absolute Gasteiger partial charge is 0.399 e. The highest BCUT2D eigenvalue weighted by Gasteiger charge is 2.54. The van der Waals surface area contributed by atoms with Crippen LogP contribution in [0.2, 0.25) is 0 Å². The zero-order chi connectivity index (χ0) is 18.2. The first-order chi connectivity index (χ1) is 12.0. The Morgan fingerprint density at radius 2 is 2.04 bits per heavy atom. The van der Waals surface area contributed by atoms with E-state index in [0.717, 1.165) is 28.4 Å². The van der Waals surface area contributed by atoms with Crippen LogP contribution in [0.5, 0.6) is 0 Å². The molecule has 0 aromatic carbocycles. The van der Waals surface area contributed by atoms with Gasteiger partial charge >= 0.3 is 0 Å². The monoisotopic (exact) mass is 349 g/mol. The minimum atomic E-state index is -1.51. The number of likely N-dealkylation sites (N-methyl/N-ethyl adjacent to an activating group) is 1. The molecule has 0 saturated heterocycles. The fourth-order valence-electron chi connectivity index (χ4n) is 3.92. The van der Waals surface area contributed by atoms with E-state index in [1.54, 1.807) is 11.3 Å². The van der Waals surface area contributed by atoms with Gasteiger partial charge in [0.25, 0.3) is 0 Å². The topological polar surface area (TPSA) is 101 Å². The van der Waals surface area contributed by atoms with E-state index in [2.05, 4.69) is 30.0 Å². The van der Waals surface area contributed by atoms with Crippen molar-refractivity contribution in [2.24, 2.45) is 17.1 Å². The van der Waals surface area contributed by atoms with Crippen LogP contribution in [0.25, 0.3) is 0 Å². The molecule has 0 spiro atoms. The smallest absolute Gasteiger partial charge is 0.192 e. The summed E-state index contributed by atoms with van der Waals surface area (Å²) in [6.45, 7) is 6.44. The first-order valence-corrected chi connectivity index (χ1v) is 9.06. The SMILES string of the molecule is CCN1CC=C2C(C#N)=C(N)C(C#N)(C#N)[C@@H](c3ccc(C)s3)[C@@H]2C1.